The zero-order valence-corrected chi connectivity index (χ0v) is 18.1. The number of carbonyl (C=O) groups excluding carboxylic acids is 2. The van der Waals surface area contributed by atoms with Crippen molar-refractivity contribution in [3.05, 3.63) is 40.5 Å². The Bertz CT molecular complexity index is 843. The average Bonchev–Trinajstić information content (AvgIpc) is 3.00. The van der Waals surface area contributed by atoms with Crippen LogP contribution in [0.1, 0.15) is 57.6 Å². The molecule has 0 spiro atoms. The Hall–Kier alpha value is -2.43. The van der Waals surface area contributed by atoms with E-state index < -0.39 is 17.4 Å². The first kappa shape index (κ1) is 21.3. The molecule has 1 unspecified atom stereocenters. The number of carbonyl (C=O) groups is 2. The maximum atomic E-state index is 12.8. The van der Waals surface area contributed by atoms with Crippen LogP contribution in [0, 0.1) is 25.2 Å². The maximum Gasteiger partial charge on any atom is 0.323 e. The van der Waals surface area contributed by atoms with Crippen LogP contribution in [0.4, 0.5) is 5.69 Å². The number of para-hydroxylation sites is 1. The first-order valence-corrected chi connectivity index (χ1v) is 10.5. The normalized spacial score (nSPS) is 21.8. The Morgan fingerprint density at radius 1 is 1.07 bits per heavy atom. The maximum absolute atomic E-state index is 12.8. The molecule has 1 aromatic rings. The van der Waals surface area contributed by atoms with E-state index in [4.69, 9.17) is 14.5 Å². The first-order valence-electron chi connectivity index (χ1n) is 10.5. The summed E-state index contributed by atoms with van der Waals surface area (Å²) in [5, 5.41) is 0. The summed E-state index contributed by atoms with van der Waals surface area (Å²) >= 11 is 0. The standard InChI is InChI=1S/C24H31NO4/c1-6-28-22(26)24(23(27)29-7-2)12-11-18-13-20(17(5)19(18)14-24)25-21-15(3)9-8-10-16(21)4/h8-10,18H,6-7,11-14H2,1-5H3. The minimum absolute atomic E-state index is 0.251. The van der Waals surface area contributed by atoms with Crippen LogP contribution in [0.15, 0.2) is 34.3 Å². The van der Waals surface area contributed by atoms with Gasteiger partial charge in [0, 0.05) is 5.71 Å². The van der Waals surface area contributed by atoms with Crippen molar-refractivity contribution in [1.29, 1.82) is 0 Å². The molecule has 1 aromatic carbocycles. The van der Waals surface area contributed by atoms with E-state index in [0.29, 0.717) is 18.8 Å². The van der Waals surface area contributed by atoms with Crippen LogP contribution < -0.4 is 0 Å². The fourth-order valence-electron chi connectivity index (χ4n) is 4.61. The zero-order chi connectivity index (χ0) is 21.2. The van der Waals surface area contributed by atoms with Crippen LogP contribution in [0.2, 0.25) is 0 Å². The third-order valence-corrected chi connectivity index (χ3v) is 6.28. The summed E-state index contributed by atoms with van der Waals surface area (Å²) in [5.41, 5.74) is 5.41. The number of allylic oxidation sites excluding steroid dienone is 2. The molecule has 0 aliphatic heterocycles. The summed E-state index contributed by atoms with van der Waals surface area (Å²) in [5.74, 6) is -0.593. The van der Waals surface area contributed by atoms with Gasteiger partial charge >= 0.3 is 11.9 Å². The van der Waals surface area contributed by atoms with Gasteiger partial charge in [-0.2, -0.15) is 0 Å². The van der Waals surface area contributed by atoms with E-state index in [2.05, 4.69) is 32.9 Å². The lowest BCUT2D eigenvalue weighted by molar-refractivity contribution is -0.174. The molecule has 0 heterocycles. The van der Waals surface area contributed by atoms with Gasteiger partial charge in [-0.25, -0.2) is 0 Å². The minimum Gasteiger partial charge on any atom is -0.465 e. The highest BCUT2D eigenvalue weighted by Crippen LogP contribution is 2.50. The number of ether oxygens (including phenoxy) is 2. The lowest BCUT2D eigenvalue weighted by Crippen LogP contribution is -2.45. The molecule has 2 aliphatic rings. The topological polar surface area (TPSA) is 65.0 Å². The van der Waals surface area contributed by atoms with Gasteiger partial charge in [0.05, 0.1) is 18.9 Å². The van der Waals surface area contributed by atoms with Crippen molar-refractivity contribution < 1.29 is 19.1 Å². The number of hydrogen-bond acceptors (Lipinski definition) is 5. The van der Waals surface area contributed by atoms with Crippen molar-refractivity contribution in [2.75, 3.05) is 13.2 Å². The summed E-state index contributed by atoms with van der Waals surface area (Å²) in [6, 6.07) is 6.19. The van der Waals surface area contributed by atoms with Crippen molar-refractivity contribution in [3.63, 3.8) is 0 Å². The van der Waals surface area contributed by atoms with Gasteiger partial charge in [0.2, 0.25) is 0 Å². The Kier molecular flexibility index (Phi) is 6.25. The third-order valence-electron chi connectivity index (χ3n) is 6.28. The van der Waals surface area contributed by atoms with E-state index in [1.807, 2.05) is 6.07 Å². The molecule has 5 heteroatoms. The SMILES string of the molecule is CCOC(=O)C1(C(=O)OCC)CCC2CC(=Nc3c(C)cccc3C)C(C)=C2C1. The van der Waals surface area contributed by atoms with Crippen molar-refractivity contribution in [2.45, 2.75) is 60.3 Å². The van der Waals surface area contributed by atoms with Crippen molar-refractivity contribution in [3.8, 4) is 0 Å². The molecule has 0 bridgehead atoms. The number of aliphatic imine (C=N–C) groups is 1. The van der Waals surface area contributed by atoms with E-state index in [0.717, 1.165) is 46.5 Å². The summed E-state index contributed by atoms with van der Waals surface area (Å²) < 4.78 is 10.6. The second kappa shape index (κ2) is 8.52. The van der Waals surface area contributed by atoms with Gasteiger partial charge in [0.15, 0.2) is 5.41 Å². The minimum atomic E-state index is -1.23. The monoisotopic (exact) mass is 397 g/mol. The molecule has 5 nitrogen and oxygen atoms in total. The van der Waals surface area contributed by atoms with Crippen molar-refractivity contribution >= 4 is 23.3 Å². The second-order valence-corrected chi connectivity index (χ2v) is 8.09. The molecule has 1 atom stereocenters. The molecule has 156 valence electrons. The molecule has 3 rings (SSSR count). The van der Waals surface area contributed by atoms with Crippen LogP contribution >= 0.6 is 0 Å². The molecule has 0 saturated heterocycles. The van der Waals surface area contributed by atoms with Gasteiger partial charge in [-0.05, 0) is 82.9 Å². The molecular weight excluding hydrogens is 366 g/mol. The van der Waals surface area contributed by atoms with Gasteiger partial charge in [-0.1, -0.05) is 23.8 Å². The molecule has 0 amide bonds. The highest BCUT2D eigenvalue weighted by atomic mass is 16.6. The fraction of sp³-hybridized carbons (Fsp3) is 0.542. The highest BCUT2D eigenvalue weighted by molar-refractivity contribution is 6.06. The van der Waals surface area contributed by atoms with Crippen molar-refractivity contribution in [1.82, 2.24) is 0 Å². The van der Waals surface area contributed by atoms with E-state index >= 15 is 0 Å². The number of fused-ring (bicyclic) bond motifs is 1. The molecule has 2 aliphatic carbocycles. The zero-order valence-electron chi connectivity index (χ0n) is 18.1. The summed E-state index contributed by atoms with van der Waals surface area (Å²) in [6.45, 7) is 10.2. The van der Waals surface area contributed by atoms with Crippen molar-refractivity contribution in [2.24, 2.45) is 16.3 Å². The van der Waals surface area contributed by atoms with Crippen LogP contribution in [0.3, 0.4) is 0 Å². The van der Waals surface area contributed by atoms with Gasteiger partial charge in [0.1, 0.15) is 0 Å². The second-order valence-electron chi connectivity index (χ2n) is 8.09. The Morgan fingerprint density at radius 2 is 1.66 bits per heavy atom. The highest BCUT2D eigenvalue weighted by Gasteiger charge is 2.53. The lowest BCUT2D eigenvalue weighted by atomic mass is 9.68. The molecule has 29 heavy (non-hydrogen) atoms. The Labute approximate surface area is 173 Å². The predicted molar refractivity (Wildman–Crippen MR) is 113 cm³/mol. The molecular formula is C24H31NO4. The number of rotatable bonds is 5. The van der Waals surface area contributed by atoms with E-state index in [-0.39, 0.29) is 13.2 Å². The van der Waals surface area contributed by atoms with Crippen LogP contribution in [0.25, 0.3) is 0 Å². The Balaban J connectivity index is 1.99. The number of nitrogens with zero attached hydrogens (tertiary/aromatic N) is 1. The molecule has 0 radical (unpaired) electrons. The van der Waals surface area contributed by atoms with E-state index in [1.165, 1.54) is 0 Å². The molecule has 1 fully saturated rings. The van der Waals surface area contributed by atoms with E-state index in [1.54, 1.807) is 13.8 Å². The predicted octanol–water partition coefficient (Wildman–Crippen LogP) is 5.01. The van der Waals surface area contributed by atoms with Crippen LogP contribution in [-0.4, -0.2) is 30.9 Å². The molecule has 1 saturated carbocycles. The lowest BCUT2D eigenvalue weighted by Gasteiger charge is -2.36. The third kappa shape index (κ3) is 3.87. The number of benzene rings is 1. The molecule has 0 N–H and O–H groups in total. The molecule has 0 aromatic heterocycles. The largest absolute Gasteiger partial charge is 0.465 e. The summed E-state index contributed by atoms with van der Waals surface area (Å²) in [7, 11) is 0. The smallest absolute Gasteiger partial charge is 0.323 e. The number of esters is 2. The quantitative estimate of drug-likeness (QED) is 0.517. The number of hydrogen-bond donors (Lipinski definition) is 0. The fourth-order valence-corrected chi connectivity index (χ4v) is 4.61. The van der Waals surface area contributed by atoms with Gasteiger partial charge < -0.3 is 9.47 Å². The van der Waals surface area contributed by atoms with Crippen LogP contribution in [-0.2, 0) is 19.1 Å². The van der Waals surface area contributed by atoms with Gasteiger partial charge in [-0.3, -0.25) is 14.6 Å². The summed E-state index contributed by atoms with van der Waals surface area (Å²) in [4.78, 5) is 30.6. The van der Waals surface area contributed by atoms with Gasteiger partial charge in [-0.15, -0.1) is 0 Å². The van der Waals surface area contributed by atoms with Crippen LogP contribution in [0.5, 0.6) is 0 Å². The first-order chi connectivity index (χ1) is 13.8. The summed E-state index contributed by atoms with van der Waals surface area (Å²) in [6.07, 6.45) is 2.45. The average molecular weight is 398 g/mol. The number of aryl methyl sites for hydroxylation is 2. The van der Waals surface area contributed by atoms with Gasteiger partial charge in [0.25, 0.3) is 0 Å². The van der Waals surface area contributed by atoms with E-state index in [9.17, 15) is 9.59 Å². The Morgan fingerprint density at radius 3 is 2.21 bits per heavy atom.